The molecule has 0 aliphatic carbocycles. The number of ether oxygens (including phenoxy) is 1. The highest BCUT2D eigenvalue weighted by Crippen LogP contribution is 2.32. The van der Waals surface area contributed by atoms with Crippen LogP contribution in [0.5, 0.6) is 0 Å². The van der Waals surface area contributed by atoms with Crippen molar-refractivity contribution in [1.29, 1.82) is 0 Å². The SMILES string of the molecule is CN1CCOC2(CCN(Cc3ccccc3)CC2)CC1=O. The molecule has 2 fully saturated rings. The Hall–Kier alpha value is -1.39. The van der Waals surface area contributed by atoms with Gasteiger partial charge in [0.25, 0.3) is 0 Å². The van der Waals surface area contributed by atoms with Gasteiger partial charge in [0, 0.05) is 33.2 Å². The summed E-state index contributed by atoms with van der Waals surface area (Å²) >= 11 is 0. The van der Waals surface area contributed by atoms with Crippen molar-refractivity contribution in [3.05, 3.63) is 35.9 Å². The van der Waals surface area contributed by atoms with Gasteiger partial charge in [-0.1, -0.05) is 30.3 Å². The van der Waals surface area contributed by atoms with E-state index in [1.807, 2.05) is 7.05 Å². The number of amides is 1. The molecule has 2 aliphatic rings. The first-order chi connectivity index (χ1) is 10.2. The largest absolute Gasteiger partial charge is 0.373 e. The molecule has 4 heteroatoms. The van der Waals surface area contributed by atoms with E-state index >= 15 is 0 Å². The molecule has 0 unspecified atom stereocenters. The molecule has 0 aromatic heterocycles. The molecule has 1 aromatic carbocycles. The van der Waals surface area contributed by atoms with E-state index in [0.29, 0.717) is 19.6 Å². The Morgan fingerprint density at radius 1 is 1.14 bits per heavy atom. The van der Waals surface area contributed by atoms with E-state index in [9.17, 15) is 4.79 Å². The summed E-state index contributed by atoms with van der Waals surface area (Å²) in [5.41, 5.74) is 1.14. The average molecular weight is 288 g/mol. The third kappa shape index (κ3) is 3.44. The number of carbonyl (C=O) groups excluding carboxylic acids is 1. The summed E-state index contributed by atoms with van der Waals surface area (Å²) in [7, 11) is 1.87. The first-order valence-electron chi connectivity index (χ1n) is 7.81. The van der Waals surface area contributed by atoms with Crippen LogP contribution in [0.3, 0.4) is 0 Å². The van der Waals surface area contributed by atoms with Gasteiger partial charge >= 0.3 is 0 Å². The van der Waals surface area contributed by atoms with Crippen LogP contribution in [-0.2, 0) is 16.1 Å². The van der Waals surface area contributed by atoms with Crippen molar-refractivity contribution in [3.63, 3.8) is 0 Å². The molecule has 2 aliphatic heterocycles. The molecule has 1 spiro atoms. The molecule has 4 nitrogen and oxygen atoms in total. The van der Waals surface area contributed by atoms with Crippen molar-refractivity contribution in [2.45, 2.75) is 31.4 Å². The average Bonchev–Trinajstić information content (AvgIpc) is 2.63. The van der Waals surface area contributed by atoms with Crippen LogP contribution in [0, 0.1) is 0 Å². The number of hydrogen-bond donors (Lipinski definition) is 0. The van der Waals surface area contributed by atoms with Gasteiger partial charge in [-0.2, -0.15) is 0 Å². The van der Waals surface area contributed by atoms with Crippen molar-refractivity contribution in [2.24, 2.45) is 0 Å². The highest BCUT2D eigenvalue weighted by Gasteiger charge is 2.39. The van der Waals surface area contributed by atoms with Gasteiger partial charge in [-0.25, -0.2) is 0 Å². The standard InChI is InChI=1S/C17H24N2O2/c1-18-11-12-21-17(13-16(18)20)7-9-19(10-8-17)14-15-5-3-2-4-6-15/h2-6H,7-14H2,1H3. The number of likely N-dealkylation sites (tertiary alicyclic amines) is 1. The summed E-state index contributed by atoms with van der Waals surface area (Å²) in [6.45, 7) is 4.39. The molecule has 21 heavy (non-hydrogen) atoms. The molecule has 0 bridgehead atoms. The number of hydrogen-bond acceptors (Lipinski definition) is 3. The zero-order valence-electron chi connectivity index (χ0n) is 12.8. The molecule has 0 atom stereocenters. The Balaban J connectivity index is 1.58. The van der Waals surface area contributed by atoms with Crippen LogP contribution in [-0.4, -0.2) is 54.6 Å². The fourth-order valence-electron chi connectivity index (χ4n) is 3.27. The maximum absolute atomic E-state index is 12.1. The second kappa shape index (κ2) is 6.16. The quantitative estimate of drug-likeness (QED) is 0.833. The second-order valence-electron chi connectivity index (χ2n) is 6.29. The van der Waals surface area contributed by atoms with E-state index < -0.39 is 0 Å². The fourth-order valence-corrected chi connectivity index (χ4v) is 3.27. The number of rotatable bonds is 2. The minimum Gasteiger partial charge on any atom is -0.373 e. The van der Waals surface area contributed by atoms with Gasteiger partial charge in [-0.15, -0.1) is 0 Å². The van der Waals surface area contributed by atoms with E-state index in [0.717, 1.165) is 32.5 Å². The number of piperidine rings is 1. The Morgan fingerprint density at radius 2 is 1.86 bits per heavy atom. The highest BCUT2D eigenvalue weighted by molar-refractivity contribution is 5.77. The third-order valence-electron chi connectivity index (χ3n) is 4.75. The van der Waals surface area contributed by atoms with Crippen molar-refractivity contribution in [2.75, 3.05) is 33.3 Å². The van der Waals surface area contributed by atoms with Crippen LogP contribution >= 0.6 is 0 Å². The van der Waals surface area contributed by atoms with Crippen LogP contribution in [0.1, 0.15) is 24.8 Å². The predicted molar refractivity (Wildman–Crippen MR) is 81.9 cm³/mol. The van der Waals surface area contributed by atoms with Crippen molar-refractivity contribution in [1.82, 2.24) is 9.80 Å². The lowest BCUT2D eigenvalue weighted by Gasteiger charge is -2.40. The van der Waals surface area contributed by atoms with E-state index in [4.69, 9.17) is 4.74 Å². The lowest BCUT2D eigenvalue weighted by Crippen LogP contribution is -2.46. The molecule has 0 radical (unpaired) electrons. The van der Waals surface area contributed by atoms with Crippen LogP contribution in [0.2, 0.25) is 0 Å². The fraction of sp³-hybridized carbons (Fsp3) is 0.588. The van der Waals surface area contributed by atoms with Gasteiger partial charge in [0.1, 0.15) is 0 Å². The summed E-state index contributed by atoms with van der Waals surface area (Å²) < 4.78 is 6.08. The Labute approximate surface area is 126 Å². The van der Waals surface area contributed by atoms with Crippen LogP contribution in [0.4, 0.5) is 0 Å². The summed E-state index contributed by atoms with van der Waals surface area (Å²) in [5, 5.41) is 0. The van der Waals surface area contributed by atoms with Gasteiger partial charge in [0.05, 0.1) is 18.6 Å². The molecule has 3 rings (SSSR count). The zero-order valence-corrected chi connectivity index (χ0v) is 12.8. The normalized spacial score (nSPS) is 23.3. The third-order valence-corrected chi connectivity index (χ3v) is 4.75. The van der Waals surface area contributed by atoms with Gasteiger partial charge in [-0.05, 0) is 18.4 Å². The zero-order chi connectivity index (χ0) is 14.7. The number of benzene rings is 1. The van der Waals surface area contributed by atoms with Crippen LogP contribution in [0.25, 0.3) is 0 Å². The highest BCUT2D eigenvalue weighted by atomic mass is 16.5. The van der Waals surface area contributed by atoms with Crippen LogP contribution < -0.4 is 0 Å². The smallest absolute Gasteiger partial charge is 0.225 e. The lowest BCUT2D eigenvalue weighted by atomic mass is 9.87. The maximum Gasteiger partial charge on any atom is 0.225 e. The summed E-state index contributed by atoms with van der Waals surface area (Å²) in [4.78, 5) is 16.4. The first kappa shape index (κ1) is 14.5. The lowest BCUT2D eigenvalue weighted by molar-refractivity contribution is -0.134. The Morgan fingerprint density at radius 3 is 2.57 bits per heavy atom. The summed E-state index contributed by atoms with van der Waals surface area (Å²) in [6, 6.07) is 10.6. The van der Waals surface area contributed by atoms with E-state index in [1.165, 1.54) is 5.56 Å². The topological polar surface area (TPSA) is 32.8 Å². The molecule has 1 amide bonds. The summed E-state index contributed by atoms with van der Waals surface area (Å²) in [6.07, 6.45) is 2.46. The molecule has 1 aromatic rings. The molecular weight excluding hydrogens is 264 g/mol. The van der Waals surface area contributed by atoms with Gasteiger partial charge < -0.3 is 9.64 Å². The van der Waals surface area contributed by atoms with E-state index in [1.54, 1.807) is 4.90 Å². The van der Waals surface area contributed by atoms with Gasteiger partial charge in [0.2, 0.25) is 5.91 Å². The molecule has 0 N–H and O–H groups in total. The van der Waals surface area contributed by atoms with Gasteiger partial charge in [0.15, 0.2) is 0 Å². The number of likely N-dealkylation sites (N-methyl/N-ethyl adjacent to an activating group) is 1. The van der Waals surface area contributed by atoms with E-state index in [2.05, 4.69) is 35.2 Å². The van der Waals surface area contributed by atoms with Crippen molar-refractivity contribution >= 4 is 5.91 Å². The molecule has 114 valence electrons. The molecule has 2 heterocycles. The minimum absolute atomic E-state index is 0.213. The summed E-state index contributed by atoms with van der Waals surface area (Å²) in [5.74, 6) is 0.226. The van der Waals surface area contributed by atoms with Crippen molar-refractivity contribution < 1.29 is 9.53 Å². The molecule has 0 saturated carbocycles. The predicted octanol–water partition coefficient (Wildman–Crippen LogP) is 1.90. The first-order valence-corrected chi connectivity index (χ1v) is 7.81. The minimum atomic E-state index is -0.213. The Bertz CT molecular complexity index is 481. The molecule has 2 saturated heterocycles. The monoisotopic (exact) mass is 288 g/mol. The van der Waals surface area contributed by atoms with Gasteiger partial charge in [-0.3, -0.25) is 9.69 Å². The van der Waals surface area contributed by atoms with Crippen molar-refractivity contribution in [3.8, 4) is 0 Å². The maximum atomic E-state index is 12.1. The second-order valence-corrected chi connectivity index (χ2v) is 6.29. The van der Waals surface area contributed by atoms with Crippen LogP contribution in [0.15, 0.2) is 30.3 Å². The Kier molecular flexibility index (Phi) is 4.27. The molecular formula is C17H24N2O2. The number of nitrogens with zero attached hydrogens (tertiary/aromatic N) is 2. The number of carbonyl (C=O) groups is 1. The van der Waals surface area contributed by atoms with E-state index in [-0.39, 0.29) is 11.5 Å².